The van der Waals surface area contributed by atoms with Crippen LogP contribution in [-0.2, 0) is 0 Å². The van der Waals surface area contributed by atoms with Crippen LogP contribution >= 0.6 is 11.3 Å². The van der Waals surface area contributed by atoms with Gasteiger partial charge in [0.25, 0.3) is 0 Å². The topological polar surface area (TPSA) is 64.7 Å². The molecular formula is C42H24N4OS. The number of hydrogen-bond acceptors (Lipinski definition) is 6. The van der Waals surface area contributed by atoms with E-state index in [0.29, 0.717) is 17.5 Å². The van der Waals surface area contributed by atoms with Gasteiger partial charge in [-0.1, -0.05) is 97.1 Å². The van der Waals surface area contributed by atoms with Gasteiger partial charge in [-0.2, -0.15) is 0 Å². The first-order valence-corrected chi connectivity index (χ1v) is 16.6. The van der Waals surface area contributed by atoms with Crippen molar-refractivity contribution >= 4 is 64.4 Å². The smallest absolute Gasteiger partial charge is 0.165 e. The minimum Gasteiger partial charge on any atom is -0.455 e. The molecule has 0 unspecified atom stereocenters. The number of furan rings is 1. The molecule has 224 valence electrons. The van der Waals surface area contributed by atoms with E-state index in [0.717, 1.165) is 65.4 Å². The number of fused-ring (bicyclic) bond motifs is 7. The molecule has 0 aliphatic rings. The Bertz CT molecular complexity index is 2840. The standard InChI is InChI=1S/C42H24N4OS/c1-3-11-25(12-4-1)28-20-21-31(37-33-23-27-15-10-22-43-34(27)24-35(33)47-38(28)37)41-44-40(26-13-5-2-6-14-26)45-42(46-41)32-18-9-17-30-29-16-7-8-19-36(29)48-39(30)32/h1-24H. The van der Waals surface area contributed by atoms with Gasteiger partial charge in [-0.15, -0.1) is 11.3 Å². The van der Waals surface area contributed by atoms with E-state index < -0.39 is 0 Å². The van der Waals surface area contributed by atoms with Gasteiger partial charge in [-0.25, -0.2) is 15.0 Å². The molecule has 10 rings (SSSR count). The van der Waals surface area contributed by atoms with Crippen molar-refractivity contribution in [3.63, 3.8) is 0 Å². The summed E-state index contributed by atoms with van der Waals surface area (Å²) >= 11 is 1.77. The minimum absolute atomic E-state index is 0.593. The van der Waals surface area contributed by atoms with Gasteiger partial charge in [0.1, 0.15) is 11.2 Å². The Balaban J connectivity index is 1.29. The number of rotatable bonds is 4. The fourth-order valence-electron chi connectivity index (χ4n) is 6.73. The monoisotopic (exact) mass is 632 g/mol. The van der Waals surface area contributed by atoms with Gasteiger partial charge < -0.3 is 4.42 Å². The van der Waals surface area contributed by atoms with Gasteiger partial charge in [-0.3, -0.25) is 4.98 Å². The van der Waals surface area contributed by atoms with Crippen LogP contribution in [0.1, 0.15) is 0 Å². The van der Waals surface area contributed by atoms with Gasteiger partial charge in [0.2, 0.25) is 0 Å². The van der Waals surface area contributed by atoms with Crippen molar-refractivity contribution in [2.24, 2.45) is 0 Å². The highest BCUT2D eigenvalue weighted by molar-refractivity contribution is 7.26. The molecule has 6 aromatic carbocycles. The van der Waals surface area contributed by atoms with E-state index in [1.54, 1.807) is 11.3 Å². The number of benzene rings is 6. The maximum absolute atomic E-state index is 6.72. The predicted octanol–water partition coefficient (Wildman–Crippen LogP) is 11.4. The van der Waals surface area contributed by atoms with Crippen LogP contribution in [0.3, 0.4) is 0 Å². The summed E-state index contributed by atoms with van der Waals surface area (Å²) in [5.41, 5.74) is 7.34. The Morgan fingerprint density at radius 2 is 1.21 bits per heavy atom. The van der Waals surface area contributed by atoms with Crippen molar-refractivity contribution in [2.75, 3.05) is 0 Å². The molecule has 0 spiro atoms. The molecule has 0 N–H and O–H groups in total. The second-order valence-electron chi connectivity index (χ2n) is 11.8. The van der Waals surface area contributed by atoms with Crippen LogP contribution in [-0.4, -0.2) is 19.9 Å². The Hall–Kier alpha value is -6.24. The number of aromatic nitrogens is 4. The molecule has 48 heavy (non-hydrogen) atoms. The highest BCUT2D eigenvalue weighted by Crippen LogP contribution is 2.43. The Labute approximate surface area is 278 Å². The van der Waals surface area contributed by atoms with Gasteiger partial charge in [0.15, 0.2) is 17.5 Å². The first-order chi connectivity index (χ1) is 23.8. The van der Waals surface area contributed by atoms with E-state index in [4.69, 9.17) is 19.4 Å². The second kappa shape index (κ2) is 10.7. The average Bonchev–Trinajstić information content (AvgIpc) is 3.72. The third-order valence-electron chi connectivity index (χ3n) is 8.98. The molecule has 10 aromatic rings. The van der Waals surface area contributed by atoms with Crippen LogP contribution < -0.4 is 0 Å². The van der Waals surface area contributed by atoms with Crippen LogP contribution in [0, 0.1) is 0 Å². The molecule has 4 heterocycles. The fraction of sp³-hybridized carbons (Fsp3) is 0. The lowest BCUT2D eigenvalue weighted by atomic mass is 9.97. The van der Waals surface area contributed by atoms with Crippen molar-refractivity contribution in [1.29, 1.82) is 0 Å². The molecule has 6 heteroatoms. The summed E-state index contributed by atoms with van der Waals surface area (Å²) in [5, 5.41) is 5.44. The summed E-state index contributed by atoms with van der Waals surface area (Å²) in [5.74, 6) is 1.85. The molecule has 0 radical (unpaired) electrons. The molecule has 0 saturated heterocycles. The molecule has 0 saturated carbocycles. The third kappa shape index (κ3) is 4.24. The maximum Gasteiger partial charge on any atom is 0.165 e. The van der Waals surface area contributed by atoms with Crippen LogP contribution in [0.4, 0.5) is 0 Å². The summed E-state index contributed by atoms with van der Waals surface area (Å²) in [4.78, 5) is 20.1. The fourth-order valence-corrected chi connectivity index (χ4v) is 7.95. The Morgan fingerprint density at radius 3 is 2.06 bits per heavy atom. The summed E-state index contributed by atoms with van der Waals surface area (Å²) in [6.45, 7) is 0. The Morgan fingerprint density at radius 1 is 0.500 bits per heavy atom. The first kappa shape index (κ1) is 26.9. The van der Waals surface area contributed by atoms with Crippen molar-refractivity contribution in [3.8, 4) is 45.3 Å². The molecular weight excluding hydrogens is 609 g/mol. The normalized spacial score (nSPS) is 11.8. The van der Waals surface area contributed by atoms with E-state index in [-0.39, 0.29) is 0 Å². The second-order valence-corrected chi connectivity index (χ2v) is 12.9. The van der Waals surface area contributed by atoms with Gasteiger partial charge >= 0.3 is 0 Å². The molecule has 4 aromatic heterocycles. The quantitative estimate of drug-likeness (QED) is 0.193. The van der Waals surface area contributed by atoms with Gasteiger partial charge in [0.05, 0.1) is 5.52 Å². The lowest BCUT2D eigenvalue weighted by Gasteiger charge is -2.11. The summed E-state index contributed by atoms with van der Waals surface area (Å²) < 4.78 is 9.12. The molecule has 0 aliphatic heterocycles. The molecule has 0 bridgehead atoms. The highest BCUT2D eigenvalue weighted by Gasteiger charge is 2.22. The zero-order valence-electron chi connectivity index (χ0n) is 25.5. The zero-order chi connectivity index (χ0) is 31.6. The molecule has 5 nitrogen and oxygen atoms in total. The van der Waals surface area contributed by atoms with Crippen LogP contribution in [0.5, 0.6) is 0 Å². The third-order valence-corrected chi connectivity index (χ3v) is 10.2. The van der Waals surface area contributed by atoms with E-state index in [1.165, 1.54) is 15.5 Å². The summed E-state index contributed by atoms with van der Waals surface area (Å²) in [7, 11) is 0. The number of nitrogens with zero attached hydrogens (tertiary/aromatic N) is 4. The summed E-state index contributed by atoms with van der Waals surface area (Å²) in [6, 6.07) is 47.9. The number of thiophene rings is 1. The highest BCUT2D eigenvalue weighted by atomic mass is 32.1. The maximum atomic E-state index is 6.72. The predicted molar refractivity (Wildman–Crippen MR) is 197 cm³/mol. The minimum atomic E-state index is 0.593. The molecule has 0 aliphatic carbocycles. The number of pyridine rings is 1. The van der Waals surface area contributed by atoms with E-state index >= 15 is 0 Å². The van der Waals surface area contributed by atoms with Gasteiger partial charge in [-0.05, 0) is 42.0 Å². The first-order valence-electron chi connectivity index (χ1n) is 15.8. The van der Waals surface area contributed by atoms with E-state index in [9.17, 15) is 0 Å². The van der Waals surface area contributed by atoms with Crippen molar-refractivity contribution in [3.05, 3.63) is 146 Å². The van der Waals surface area contributed by atoms with Crippen LogP contribution in [0.25, 0.3) is 98.3 Å². The zero-order valence-corrected chi connectivity index (χ0v) is 26.3. The van der Waals surface area contributed by atoms with Crippen molar-refractivity contribution < 1.29 is 4.42 Å². The molecule has 0 atom stereocenters. The van der Waals surface area contributed by atoms with Crippen LogP contribution in [0.15, 0.2) is 150 Å². The van der Waals surface area contributed by atoms with Crippen molar-refractivity contribution in [1.82, 2.24) is 19.9 Å². The molecule has 0 amide bonds. The Kier molecular flexibility index (Phi) is 5.98. The van der Waals surface area contributed by atoms with E-state index in [2.05, 4.69) is 96.0 Å². The van der Waals surface area contributed by atoms with Crippen molar-refractivity contribution in [2.45, 2.75) is 0 Å². The lowest BCUT2D eigenvalue weighted by Crippen LogP contribution is -2.00. The van der Waals surface area contributed by atoms with Crippen LogP contribution in [0.2, 0.25) is 0 Å². The molecule has 0 fully saturated rings. The largest absolute Gasteiger partial charge is 0.455 e. The lowest BCUT2D eigenvalue weighted by molar-refractivity contribution is 0.670. The number of hydrogen-bond donors (Lipinski definition) is 0. The summed E-state index contributed by atoms with van der Waals surface area (Å²) in [6.07, 6.45) is 1.81. The van der Waals surface area contributed by atoms with Gasteiger partial charge in [0, 0.05) is 70.8 Å². The average molecular weight is 633 g/mol. The van der Waals surface area contributed by atoms with E-state index in [1.807, 2.05) is 54.7 Å². The SMILES string of the molecule is c1ccc(-c2nc(-c3cccc4c3sc3ccccc34)nc(-c3ccc(-c4ccccc4)c4oc5cc6ncccc6cc5c34)n2)cc1.